The van der Waals surface area contributed by atoms with Crippen LogP contribution in [0.3, 0.4) is 0 Å². The molecule has 118 valence electrons. The van der Waals surface area contributed by atoms with Crippen LogP contribution in [0.15, 0.2) is 48.7 Å². The first-order valence-corrected chi connectivity index (χ1v) is 7.74. The van der Waals surface area contributed by atoms with Crippen molar-refractivity contribution in [3.05, 3.63) is 59.4 Å². The van der Waals surface area contributed by atoms with E-state index in [2.05, 4.69) is 10.3 Å². The fourth-order valence-corrected chi connectivity index (χ4v) is 2.79. The molecule has 0 bridgehead atoms. The lowest BCUT2D eigenvalue weighted by Gasteiger charge is -2.16. The lowest BCUT2D eigenvalue weighted by Crippen LogP contribution is -2.28. The topological polar surface area (TPSA) is 62.3 Å². The zero-order chi connectivity index (χ0) is 16.2. The lowest BCUT2D eigenvalue weighted by atomic mass is 10.1. The zero-order valence-corrected chi connectivity index (χ0v) is 13.2. The summed E-state index contributed by atoms with van der Waals surface area (Å²) in [7, 11) is 0. The van der Waals surface area contributed by atoms with Gasteiger partial charge in [0.2, 0.25) is 11.8 Å². The van der Waals surface area contributed by atoms with Crippen LogP contribution in [0.25, 0.3) is 0 Å². The van der Waals surface area contributed by atoms with Crippen LogP contribution >= 0.6 is 11.6 Å². The van der Waals surface area contributed by atoms with Crippen LogP contribution in [0.2, 0.25) is 5.02 Å². The number of likely N-dealkylation sites (tertiary alicyclic amines) is 1. The standard InChI is InChI=1S/C17H16ClN3O2/c18-13-4-3-6-14(9-13)20-17(23)12-8-16(22)21(10-12)11-15-5-1-2-7-19-15/h1-7,9,12H,8,10-11H2,(H,20,23). The predicted octanol–water partition coefficient (Wildman–Crippen LogP) is 2.72. The molecule has 1 aromatic heterocycles. The fraction of sp³-hybridized carbons (Fsp3) is 0.235. The van der Waals surface area contributed by atoms with Crippen molar-refractivity contribution in [3.63, 3.8) is 0 Å². The normalized spacial score (nSPS) is 17.3. The molecule has 0 radical (unpaired) electrons. The molecule has 2 amide bonds. The number of nitrogens with zero attached hydrogens (tertiary/aromatic N) is 2. The van der Waals surface area contributed by atoms with Crippen molar-refractivity contribution in [2.75, 3.05) is 11.9 Å². The summed E-state index contributed by atoms with van der Waals surface area (Å²) in [5.74, 6) is -0.545. The minimum Gasteiger partial charge on any atom is -0.336 e. The lowest BCUT2D eigenvalue weighted by molar-refractivity contribution is -0.128. The molecule has 0 spiro atoms. The van der Waals surface area contributed by atoms with Crippen LogP contribution in [0.1, 0.15) is 12.1 Å². The number of rotatable bonds is 4. The molecule has 2 heterocycles. The third-order valence-electron chi connectivity index (χ3n) is 3.76. The van der Waals surface area contributed by atoms with Gasteiger partial charge in [0.15, 0.2) is 0 Å². The van der Waals surface area contributed by atoms with E-state index in [9.17, 15) is 9.59 Å². The molecule has 5 nitrogen and oxygen atoms in total. The van der Waals surface area contributed by atoms with Crippen LogP contribution in [0, 0.1) is 5.92 Å². The van der Waals surface area contributed by atoms with Crippen LogP contribution in [0.4, 0.5) is 5.69 Å². The van der Waals surface area contributed by atoms with E-state index in [1.54, 1.807) is 35.4 Å². The second kappa shape index (κ2) is 6.79. The number of pyridine rings is 1. The van der Waals surface area contributed by atoms with Gasteiger partial charge < -0.3 is 10.2 Å². The average Bonchev–Trinajstić information content (AvgIpc) is 2.89. The fourth-order valence-electron chi connectivity index (χ4n) is 2.60. The Balaban J connectivity index is 1.61. The maximum Gasteiger partial charge on any atom is 0.229 e. The number of halogens is 1. The highest BCUT2D eigenvalue weighted by molar-refractivity contribution is 6.30. The molecule has 2 aromatic rings. The van der Waals surface area contributed by atoms with Crippen LogP contribution in [0.5, 0.6) is 0 Å². The highest BCUT2D eigenvalue weighted by Gasteiger charge is 2.34. The van der Waals surface area contributed by atoms with Crippen LogP contribution in [-0.2, 0) is 16.1 Å². The quantitative estimate of drug-likeness (QED) is 0.938. The van der Waals surface area contributed by atoms with E-state index in [1.807, 2.05) is 18.2 Å². The molecule has 1 N–H and O–H groups in total. The summed E-state index contributed by atoms with van der Waals surface area (Å²) >= 11 is 5.90. The molecule has 1 aromatic carbocycles. The molecule has 0 aliphatic carbocycles. The van der Waals surface area contributed by atoms with Crippen molar-refractivity contribution < 1.29 is 9.59 Å². The second-order valence-corrected chi connectivity index (χ2v) is 5.93. The summed E-state index contributed by atoms with van der Waals surface area (Å²) in [4.78, 5) is 30.3. The number of benzene rings is 1. The Morgan fingerprint density at radius 1 is 1.30 bits per heavy atom. The van der Waals surface area contributed by atoms with Gasteiger partial charge in [0.1, 0.15) is 0 Å². The molecule has 1 aliphatic rings. The molecular formula is C17H16ClN3O2. The van der Waals surface area contributed by atoms with E-state index in [4.69, 9.17) is 11.6 Å². The van der Waals surface area contributed by atoms with Crippen molar-refractivity contribution >= 4 is 29.1 Å². The molecule has 1 saturated heterocycles. The summed E-state index contributed by atoms with van der Waals surface area (Å²) in [6, 6.07) is 12.5. The Bertz CT molecular complexity index is 721. The molecule has 1 aliphatic heterocycles. The third-order valence-corrected chi connectivity index (χ3v) is 3.99. The molecule has 3 rings (SSSR count). The summed E-state index contributed by atoms with van der Waals surface area (Å²) < 4.78 is 0. The summed E-state index contributed by atoms with van der Waals surface area (Å²) in [5.41, 5.74) is 1.45. The van der Waals surface area contributed by atoms with Gasteiger partial charge in [0, 0.05) is 29.9 Å². The van der Waals surface area contributed by atoms with E-state index in [1.165, 1.54) is 0 Å². The molecule has 1 unspecified atom stereocenters. The summed E-state index contributed by atoms with van der Waals surface area (Å²) in [5, 5.41) is 3.37. The first-order valence-electron chi connectivity index (χ1n) is 7.36. The van der Waals surface area contributed by atoms with Crippen molar-refractivity contribution in [2.45, 2.75) is 13.0 Å². The highest BCUT2D eigenvalue weighted by atomic mass is 35.5. The average molecular weight is 330 g/mol. The number of carbonyl (C=O) groups excluding carboxylic acids is 2. The van der Waals surface area contributed by atoms with E-state index >= 15 is 0 Å². The van der Waals surface area contributed by atoms with E-state index < -0.39 is 0 Å². The molecule has 1 fully saturated rings. The number of hydrogen-bond donors (Lipinski definition) is 1. The van der Waals surface area contributed by atoms with Gasteiger partial charge in [0.05, 0.1) is 18.2 Å². The number of nitrogens with one attached hydrogen (secondary N) is 1. The SMILES string of the molecule is O=C(Nc1cccc(Cl)c1)C1CC(=O)N(Cc2ccccn2)C1. The Labute approximate surface area is 139 Å². The molecule has 6 heteroatoms. The Hall–Kier alpha value is -2.40. The minimum atomic E-state index is -0.356. The van der Waals surface area contributed by atoms with Gasteiger partial charge >= 0.3 is 0 Å². The first kappa shape index (κ1) is 15.5. The van der Waals surface area contributed by atoms with Crippen LogP contribution < -0.4 is 5.32 Å². The number of anilines is 1. The predicted molar refractivity (Wildman–Crippen MR) is 87.8 cm³/mol. The number of amides is 2. The molecule has 1 atom stereocenters. The van der Waals surface area contributed by atoms with E-state index in [0.29, 0.717) is 23.8 Å². The number of carbonyl (C=O) groups is 2. The van der Waals surface area contributed by atoms with Gasteiger partial charge in [-0.2, -0.15) is 0 Å². The van der Waals surface area contributed by atoms with E-state index in [0.717, 1.165) is 5.69 Å². The third kappa shape index (κ3) is 3.87. The van der Waals surface area contributed by atoms with Gasteiger partial charge in [-0.15, -0.1) is 0 Å². The first-order chi connectivity index (χ1) is 11.1. The van der Waals surface area contributed by atoms with Crippen LogP contribution in [-0.4, -0.2) is 28.2 Å². The largest absolute Gasteiger partial charge is 0.336 e. The maximum atomic E-state index is 12.3. The van der Waals surface area contributed by atoms with Gasteiger partial charge in [-0.3, -0.25) is 14.6 Å². The highest BCUT2D eigenvalue weighted by Crippen LogP contribution is 2.22. The number of aromatic nitrogens is 1. The van der Waals surface area contributed by atoms with Crippen molar-refractivity contribution in [1.82, 2.24) is 9.88 Å². The van der Waals surface area contributed by atoms with E-state index in [-0.39, 0.29) is 24.2 Å². The van der Waals surface area contributed by atoms with Crippen molar-refractivity contribution in [2.24, 2.45) is 5.92 Å². The Morgan fingerprint density at radius 3 is 2.91 bits per heavy atom. The minimum absolute atomic E-state index is 0.0260. The molecular weight excluding hydrogens is 314 g/mol. The van der Waals surface area contributed by atoms with Gasteiger partial charge in [0.25, 0.3) is 0 Å². The Kier molecular flexibility index (Phi) is 4.57. The summed E-state index contributed by atoms with van der Waals surface area (Å²) in [6.45, 7) is 0.836. The monoisotopic (exact) mass is 329 g/mol. The molecule has 23 heavy (non-hydrogen) atoms. The van der Waals surface area contributed by atoms with Gasteiger partial charge in [-0.05, 0) is 30.3 Å². The van der Waals surface area contributed by atoms with Gasteiger partial charge in [-0.1, -0.05) is 23.7 Å². The van der Waals surface area contributed by atoms with Crippen molar-refractivity contribution in [1.29, 1.82) is 0 Å². The van der Waals surface area contributed by atoms with Gasteiger partial charge in [-0.25, -0.2) is 0 Å². The molecule has 0 saturated carbocycles. The summed E-state index contributed by atoms with van der Waals surface area (Å²) in [6.07, 6.45) is 1.92. The number of hydrogen-bond acceptors (Lipinski definition) is 3. The second-order valence-electron chi connectivity index (χ2n) is 5.50. The zero-order valence-electron chi connectivity index (χ0n) is 12.4. The maximum absolute atomic E-state index is 12.3. The Morgan fingerprint density at radius 2 is 2.17 bits per heavy atom. The van der Waals surface area contributed by atoms with Crippen molar-refractivity contribution in [3.8, 4) is 0 Å². The smallest absolute Gasteiger partial charge is 0.229 e.